The number of halogens is 1. The van der Waals surface area contributed by atoms with E-state index in [9.17, 15) is 4.79 Å². The van der Waals surface area contributed by atoms with Crippen LogP contribution in [-0.4, -0.2) is 94.9 Å². The molecule has 0 radical (unpaired) electrons. The molecule has 4 aromatic rings. The van der Waals surface area contributed by atoms with Crippen LogP contribution in [0.2, 0.25) is 16.6 Å². The van der Waals surface area contributed by atoms with Crippen molar-refractivity contribution in [1.29, 1.82) is 0 Å². The van der Waals surface area contributed by atoms with E-state index in [1.165, 1.54) is 0 Å². The molecule has 4 aliphatic rings. The Morgan fingerprint density at radius 3 is 2.17 bits per heavy atom. The third-order valence-corrected chi connectivity index (χ3v) is 19.9. The van der Waals surface area contributed by atoms with Gasteiger partial charge in [0.25, 0.3) is 0 Å². The zero-order valence-electron chi connectivity index (χ0n) is 37.0. The number of hydrogen-bond donors (Lipinski definition) is 0. The SMILES string of the molecule is C=C1CN2CC(=C)CC2(COc2nc(N3C[C@H]4CC[C@@H](C3)N4C(=O)OC(C)(C)C)c3cnc(-c4cccc5cccc(C#C[Si](C(C)C)(C(C)C)C(C)C)c45)c(F)c3n2)C1. The zero-order valence-corrected chi connectivity index (χ0v) is 38.0. The molecule has 2 atom stereocenters. The molecular weight excluding hydrogens is 768 g/mol. The second-order valence-corrected chi connectivity index (χ2v) is 25.3. The Hall–Kier alpha value is -4.79. The Morgan fingerprint density at radius 2 is 1.57 bits per heavy atom. The van der Waals surface area contributed by atoms with Crippen LogP contribution in [0.3, 0.4) is 0 Å². The van der Waals surface area contributed by atoms with Gasteiger partial charge in [0.05, 0.1) is 23.0 Å². The summed E-state index contributed by atoms with van der Waals surface area (Å²) in [5.41, 5.74) is 8.64. The molecule has 316 valence electrons. The molecule has 11 heteroatoms. The minimum atomic E-state index is -2.06. The Morgan fingerprint density at radius 1 is 0.950 bits per heavy atom. The third kappa shape index (κ3) is 7.38. The summed E-state index contributed by atoms with van der Waals surface area (Å²) < 4.78 is 30.0. The first-order valence-corrected chi connectivity index (χ1v) is 24.0. The summed E-state index contributed by atoms with van der Waals surface area (Å²) in [6.07, 6.45) is 4.69. The predicted molar refractivity (Wildman–Crippen MR) is 243 cm³/mol. The molecule has 8 rings (SSSR count). The highest BCUT2D eigenvalue weighted by molar-refractivity contribution is 6.90. The average Bonchev–Trinajstić information content (AvgIpc) is 3.75. The maximum absolute atomic E-state index is 17.6. The number of hydrogen-bond acceptors (Lipinski definition) is 8. The minimum Gasteiger partial charge on any atom is -0.461 e. The summed E-state index contributed by atoms with van der Waals surface area (Å²) in [6.45, 7) is 31.1. The van der Waals surface area contributed by atoms with E-state index in [-0.39, 0.29) is 40.9 Å². The van der Waals surface area contributed by atoms with Crippen molar-refractivity contribution in [3.63, 3.8) is 0 Å². The molecule has 4 fully saturated rings. The van der Waals surface area contributed by atoms with E-state index in [1.54, 1.807) is 6.20 Å². The van der Waals surface area contributed by atoms with Crippen molar-refractivity contribution in [2.45, 2.75) is 128 Å². The van der Waals surface area contributed by atoms with Crippen molar-refractivity contribution >= 4 is 41.7 Å². The summed E-state index contributed by atoms with van der Waals surface area (Å²) in [5.74, 6) is 3.68. The van der Waals surface area contributed by atoms with Gasteiger partial charge in [-0.1, -0.05) is 102 Å². The smallest absolute Gasteiger partial charge is 0.410 e. The van der Waals surface area contributed by atoms with Crippen LogP contribution in [0.25, 0.3) is 32.9 Å². The first-order chi connectivity index (χ1) is 28.4. The fraction of sp³-hybridized carbons (Fsp3) is 0.510. The molecular formula is C49H61FN6O3Si. The van der Waals surface area contributed by atoms with Gasteiger partial charge in [0.1, 0.15) is 37.3 Å². The fourth-order valence-electron chi connectivity index (χ4n) is 11.1. The minimum absolute atomic E-state index is 0.0781. The Kier molecular flexibility index (Phi) is 10.9. The van der Waals surface area contributed by atoms with Crippen molar-refractivity contribution in [2.75, 3.05) is 37.7 Å². The summed E-state index contributed by atoms with van der Waals surface area (Å²) in [5, 5.41) is 2.34. The molecule has 4 aliphatic heterocycles. The predicted octanol–water partition coefficient (Wildman–Crippen LogP) is 10.5. The van der Waals surface area contributed by atoms with E-state index in [0.717, 1.165) is 66.3 Å². The Balaban J connectivity index is 1.24. The van der Waals surface area contributed by atoms with Crippen LogP contribution in [0.4, 0.5) is 15.0 Å². The maximum atomic E-state index is 17.6. The van der Waals surface area contributed by atoms with E-state index in [0.29, 0.717) is 53.1 Å². The lowest BCUT2D eigenvalue weighted by Crippen LogP contribution is -2.57. The monoisotopic (exact) mass is 828 g/mol. The van der Waals surface area contributed by atoms with Crippen LogP contribution in [0.5, 0.6) is 6.01 Å². The molecule has 9 nitrogen and oxygen atoms in total. The number of carbonyl (C=O) groups is 1. The van der Waals surface area contributed by atoms with Gasteiger partial charge in [-0.15, -0.1) is 5.54 Å². The van der Waals surface area contributed by atoms with Crippen LogP contribution in [0.1, 0.15) is 93.6 Å². The van der Waals surface area contributed by atoms with E-state index in [1.807, 2.05) is 49.9 Å². The van der Waals surface area contributed by atoms with Gasteiger partial charge >= 0.3 is 12.1 Å². The van der Waals surface area contributed by atoms with E-state index >= 15 is 4.39 Å². The van der Waals surface area contributed by atoms with Gasteiger partial charge in [0, 0.05) is 48.9 Å². The first-order valence-electron chi connectivity index (χ1n) is 21.8. The summed E-state index contributed by atoms with van der Waals surface area (Å²) >= 11 is 0. The second kappa shape index (κ2) is 15.6. The number of anilines is 1. The first kappa shape index (κ1) is 41.9. The fourth-order valence-corrected chi connectivity index (χ4v) is 16.3. The summed E-state index contributed by atoms with van der Waals surface area (Å²) in [7, 11) is -2.06. The summed E-state index contributed by atoms with van der Waals surface area (Å²) in [4.78, 5) is 34.6. The van der Waals surface area contributed by atoms with Gasteiger partial charge in [0.2, 0.25) is 0 Å². The number of ether oxygens (including phenoxy) is 2. The number of carbonyl (C=O) groups excluding carboxylic acids is 1. The number of rotatable bonds is 8. The van der Waals surface area contributed by atoms with Crippen LogP contribution in [0, 0.1) is 17.3 Å². The van der Waals surface area contributed by atoms with Crippen LogP contribution >= 0.6 is 0 Å². The third-order valence-electron chi connectivity index (χ3n) is 13.6. The summed E-state index contributed by atoms with van der Waals surface area (Å²) in [6, 6.07) is 12.0. The van der Waals surface area contributed by atoms with Crippen LogP contribution in [0.15, 0.2) is 66.9 Å². The Bertz CT molecular complexity index is 2390. The maximum Gasteiger partial charge on any atom is 0.410 e. The number of piperazine rings is 1. The van der Waals surface area contributed by atoms with Gasteiger partial charge in [-0.3, -0.25) is 14.8 Å². The molecule has 1 amide bonds. The molecule has 0 N–H and O–H groups in total. The normalized spacial score (nSPS) is 20.5. The zero-order chi connectivity index (χ0) is 42.9. The topological polar surface area (TPSA) is 83.9 Å². The lowest BCUT2D eigenvalue weighted by Gasteiger charge is -2.42. The van der Waals surface area contributed by atoms with E-state index in [2.05, 4.69) is 88.1 Å². The molecule has 60 heavy (non-hydrogen) atoms. The molecule has 2 bridgehead atoms. The Labute approximate surface area is 356 Å². The van der Waals surface area contributed by atoms with Crippen molar-refractivity contribution in [3.05, 3.63) is 78.3 Å². The van der Waals surface area contributed by atoms with Crippen molar-refractivity contribution in [3.8, 4) is 28.7 Å². The van der Waals surface area contributed by atoms with Gasteiger partial charge in [-0.25, -0.2) is 9.18 Å². The molecule has 2 aromatic carbocycles. The number of fused-ring (bicyclic) bond motifs is 5. The van der Waals surface area contributed by atoms with Gasteiger partial charge in [0.15, 0.2) is 5.82 Å². The highest BCUT2D eigenvalue weighted by Crippen LogP contribution is 2.45. The van der Waals surface area contributed by atoms with E-state index < -0.39 is 19.5 Å². The molecule has 6 heterocycles. The van der Waals surface area contributed by atoms with Gasteiger partial charge in [-0.2, -0.15) is 9.97 Å². The number of pyridine rings is 1. The quantitative estimate of drug-likeness (QED) is 0.0987. The highest BCUT2D eigenvalue weighted by Gasteiger charge is 2.49. The van der Waals surface area contributed by atoms with Gasteiger partial charge < -0.3 is 14.4 Å². The van der Waals surface area contributed by atoms with Crippen LogP contribution in [-0.2, 0) is 4.74 Å². The van der Waals surface area contributed by atoms with Crippen molar-refractivity contribution in [1.82, 2.24) is 24.8 Å². The molecule has 0 saturated carbocycles. The average molecular weight is 829 g/mol. The second-order valence-electron chi connectivity index (χ2n) is 19.8. The number of nitrogens with zero attached hydrogens (tertiary/aromatic N) is 6. The number of aromatic nitrogens is 3. The number of amides is 1. The lowest BCUT2D eigenvalue weighted by molar-refractivity contribution is 0.0122. The molecule has 0 aliphatic carbocycles. The molecule has 4 saturated heterocycles. The van der Waals surface area contributed by atoms with Crippen molar-refractivity contribution < 1.29 is 18.7 Å². The van der Waals surface area contributed by atoms with Gasteiger partial charge in [-0.05, 0) is 74.5 Å². The molecule has 2 aromatic heterocycles. The number of benzene rings is 2. The highest BCUT2D eigenvalue weighted by atomic mass is 28.3. The van der Waals surface area contributed by atoms with E-state index in [4.69, 9.17) is 24.4 Å². The molecule has 0 unspecified atom stereocenters. The standard InChI is InChI=1S/C49H61FN6O3Si/c1-30(2)60(31(3)4,32(5)6)21-20-36-15-12-14-35-16-13-17-39(41(35)36)43-42(50)44-40(24-51-43)45(54-27-37-18-19-38(28-54)56(37)47(57)59-48(9,10)11)53-46(52-44)58-29-49-22-33(7)25-55(49)26-34(8)23-49/h12-17,24,30-32,37-38H,7-8,18-19,22-23,25-29H2,1-6,9-11H3/t37-,38+. The van der Waals surface area contributed by atoms with Crippen LogP contribution < -0.4 is 9.64 Å². The van der Waals surface area contributed by atoms with Crippen molar-refractivity contribution in [2.24, 2.45) is 0 Å². The lowest BCUT2D eigenvalue weighted by atomic mass is 9.92. The largest absolute Gasteiger partial charge is 0.461 e. The molecule has 0 spiro atoms.